The highest BCUT2D eigenvalue weighted by Gasteiger charge is 2.18. The minimum atomic E-state index is 0.608. The van der Waals surface area contributed by atoms with Crippen LogP contribution in [0.5, 0.6) is 0 Å². The van der Waals surface area contributed by atoms with Crippen LogP contribution in [0, 0.1) is 0 Å². The van der Waals surface area contributed by atoms with E-state index in [1.165, 1.54) is 39.0 Å². The number of nitrogens with one attached hydrogen (secondary N) is 2. The van der Waals surface area contributed by atoms with Gasteiger partial charge in [0.2, 0.25) is 0 Å². The van der Waals surface area contributed by atoms with Gasteiger partial charge in [0.1, 0.15) is 0 Å². The molecule has 0 spiro atoms. The fraction of sp³-hybridized carbons (Fsp3) is 1.00. The summed E-state index contributed by atoms with van der Waals surface area (Å²) in [4.78, 5) is 2.62. The van der Waals surface area contributed by atoms with Gasteiger partial charge in [-0.25, -0.2) is 0 Å². The molecule has 1 aliphatic rings. The number of rotatable bonds is 6. The number of nitrogens with zero attached hydrogens (tertiary/aromatic N) is 1. The van der Waals surface area contributed by atoms with Crippen molar-refractivity contribution >= 4 is 0 Å². The third-order valence-electron chi connectivity index (χ3n) is 3.18. The molecule has 1 saturated heterocycles. The maximum Gasteiger partial charge on any atom is 0.0120 e. The maximum atomic E-state index is 3.49. The molecule has 0 aromatic rings. The zero-order chi connectivity index (χ0) is 11.1. The van der Waals surface area contributed by atoms with Gasteiger partial charge in [-0.1, -0.05) is 20.8 Å². The predicted molar refractivity (Wildman–Crippen MR) is 66.3 cm³/mol. The summed E-state index contributed by atoms with van der Waals surface area (Å²) >= 11 is 0. The highest BCUT2D eigenvalue weighted by atomic mass is 15.2. The summed E-state index contributed by atoms with van der Waals surface area (Å²) in [5, 5.41) is 6.92. The summed E-state index contributed by atoms with van der Waals surface area (Å²) in [7, 11) is 0. The number of hydrogen-bond donors (Lipinski definition) is 2. The molecule has 0 aliphatic carbocycles. The summed E-state index contributed by atoms with van der Waals surface area (Å²) in [5.41, 5.74) is 0. The molecule has 0 atom stereocenters. The van der Waals surface area contributed by atoms with E-state index in [1.54, 1.807) is 0 Å². The third kappa shape index (κ3) is 4.96. The summed E-state index contributed by atoms with van der Waals surface area (Å²) in [6, 6.07) is 1.42. The van der Waals surface area contributed by atoms with Crippen molar-refractivity contribution in [2.24, 2.45) is 0 Å². The highest BCUT2D eigenvalue weighted by Crippen LogP contribution is 2.10. The molecule has 0 amide bonds. The molecule has 0 radical (unpaired) electrons. The second kappa shape index (κ2) is 7.20. The van der Waals surface area contributed by atoms with E-state index in [0.29, 0.717) is 6.04 Å². The highest BCUT2D eigenvalue weighted by molar-refractivity contribution is 4.77. The Labute approximate surface area is 94.6 Å². The minimum Gasteiger partial charge on any atom is -0.317 e. The SMILES string of the molecule is CCN(CCNC(C)C)C1CCNCC1. The summed E-state index contributed by atoms with van der Waals surface area (Å²) < 4.78 is 0. The first-order valence-electron chi connectivity index (χ1n) is 6.42. The van der Waals surface area contributed by atoms with Crippen LogP contribution in [-0.2, 0) is 0 Å². The summed E-state index contributed by atoms with van der Waals surface area (Å²) in [6.07, 6.45) is 2.63. The lowest BCUT2D eigenvalue weighted by Crippen LogP contribution is -2.45. The van der Waals surface area contributed by atoms with Gasteiger partial charge in [-0.3, -0.25) is 4.90 Å². The van der Waals surface area contributed by atoms with Crippen LogP contribution < -0.4 is 10.6 Å². The van der Waals surface area contributed by atoms with Crippen LogP contribution >= 0.6 is 0 Å². The molecule has 0 unspecified atom stereocenters. The molecule has 1 fully saturated rings. The van der Waals surface area contributed by atoms with Crippen LogP contribution in [-0.4, -0.2) is 49.7 Å². The Morgan fingerprint density at radius 1 is 1.33 bits per heavy atom. The smallest absolute Gasteiger partial charge is 0.0120 e. The van der Waals surface area contributed by atoms with Crippen molar-refractivity contribution in [1.82, 2.24) is 15.5 Å². The van der Waals surface area contributed by atoms with Crippen molar-refractivity contribution in [2.45, 2.75) is 45.7 Å². The second-order valence-corrected chi connectivity index (χ2v) is 4.72. The average molecular weight is 213 g/mol. The van der Waals surface area contributed by atoms with Crippen LogP contribution in [0.4, 0.5) is 0 Å². The molecular weight excluding hydrogens is 186 g/mol. The van der Waals surface area contributed by atoms with Crippen LogP contribution in [0.2, 0.25) is 0 Å². The Morgan fingerprint density at radius 3 is 2.53 bits per heavy atom. The fourth-order valence-corrected chi connectivity index (χ4v) is 2.27. The Morgan fingerprint density at radius 2 is 2.00 bits per heavy atom. The van der Waals surface area contributed by atoms with Crippen molar-refractivity contribution in [3.8, 4) is 0 Å². The largest absolute Gasteiger partial charge is 0.317 e. The van der Waals surface area contributed by atoms with Crippen LogP contribution in [0.25, 0.3) is 0 Å². The molecule has 0 saturated carbocycles. The van der Waals surface area contributed by atoms with Crippen LogP contribution in [0.15, 0.2) is 0 Å². The normalized spacial score (nSPS) is 19.0. The predicted octanol–water partition coefficient (Wildman–Crippen LogP) is 1.06. The van der Waals surface area contributed by atoms with Gasteiger partial charge in [-0.05, 0) is 32.5 Å². The van der Waals surface area contributed by atoms with E-state index in [9.17, 15) is 0 Å². The Balaban J connectivity index is 2.21. The lowest BCUT2D eigenvalue weighted by Gasteiger charge is -2.34. The monoisotopic (exact) mass is 213 g/mol. The number of hydrogen-bond acceptors (Lipinski definition) is 3. The molecule has 3 nitrogen and oxygen atoms in total. The Bertz CT molecular complexity index is 153. The van der Waals surface area contributed by atoms with Gasteiger partial charge in [-0.15, -0.1) is 0 Å². The molecule has 2 N–H and O–H groups in total. The van der Waals surface area contributed by atoms with E-state index < -0.39 is 0 Å². The van der Waals surface area contributed by atoms with E-state index in [0.717, 1.165) is 12.6 Å². The van der Waals surface area contributed by atoms with E-state index >= 15 is 0 Å². The van der Waals surface area contributed by atoms with Crippen molar-refractivity contribution in [3.63, 3.8) is 0 Å². The van der Waals surface area contributed by atoms with Gasteiger partial charge in [0.05, 0.1) is 0 Å². The van der Waals surface area contributed by atoms with E-state index in [4.69, 9.17) is 0 Å². The molecule has 0 aromatic heterocycles. The first-order chi connectivity index (χ1) is 7.24. The van der Waals surface area contributed by atoms with Gasteiger partial charge in [0.15, 0.2) is 0 Å². The third-order valence-corrected chi connectivity index (χ3v) is 3.18. The van der Waals surface area contributed by atoms with Gasteiger partial charge in [-0.2, -0.15) is 0 Å². The minimum absolute atomic E-state index is 0.608. The molecule has 0 aromatic carbocycles. The quantitative estimate of drug-likeness (QED) is 0.691. The molecule has 1 aliphatic heterocycles. The summed E-state index contributed by atoms with van der Waals surface area (Å²) in [6.45, 7) is 12.6. The zero-order valence-corrected chi connectivity index (χ0v) is 10.6. The van der Waals surface area contributed by atoms with E-state index in [1.807, 2.05) is 0 Å². The maximum absolute atomic E-state index is 3.49. The van der Waals surface area contributed by atoms with Crippen molar-refractivity contribution in [2.75, 3.05) is 32.7 Å². The van der Waals surface area contributed by atoms with Gasteiger partial charge in [0, 0.05) is 25.2 Å². The summed E-state index contributed by atoms with van der Waals surface area (Å²) in [5.74, 6) is 0. The number of piperidine rings is 1. The first-order valence-corrected chi connectivity index (χ1v) is 6.42. The Kier molecular flexibility index (Phi) is 6.22. The topological polar surface area (TPSA) is 27.3 Å². The zero-order valence-electron chi connectivity index (χ0n) is 10.6. The average Bonchev–Trinajstić information content (AvgIpc) is 2.25. The molecule has 15 heavy (non-hydrogen) atoms. The van der Waals surface area contributed by atoms with Gasteiger partial charge >= 0.3 is 0 Å². The van der Waals surface area contributed by atoms with Crippen molar-refractivity contribution < 1.29 is 0 Å². The van der Waals surface area contributed by atoms with E-state index in [2.05, 4.69) is 36.3 Å². The lowest BCUT2D eigenvalue weighted by atomic mass is 10.0. The van der Waals surface area contributed by atoms with E-state index in [-0.39, 0.29) is 0 Å². The van der Waals surface area contributed by atoms with Crippen LogP contribution in [0.3, 0.4) is 0 Å². The number of likely N-dealkylation sites (N-methyl/N-ethyl adjacent to an activating group) is 1. The van der Waals surface area contributed by atoms with Crippen molar-refractivity contribution in [3.05, 3.63) is 0 Å². The second-order valence-electron chi connectivity index (χ2n) is 4.72. The molecule has 1 heterocycles. The van der Waals surface area contributed by atoms with Crippen molar-refractivity contribution in [1.29, 1.82) is 0 Å². The first kappa shape index (κ1) is 12.9. The molecule has 90 valence electrons. The molecule has 0 bridgehead atoms. The lowest BCUT2D eigenvalue weighted by molar-refractivity contribution is 0.170. The molecular formula is C12H27N3. The molecule has 1 rings (SSSR count). The Hall–Kier alpha value is -0.120. The van der Waals surface area contributed by atoms with Gasteiger partial charge < -0.3 is 10.6 Å². The van der Waals surface area contributed by atoms with Crippen LogP contribution in [0.1, 0.15) is 33.6 Å². The standard InChI is InChI=1S/C12H27N3/c1-4-15(10-9-14-11(2)3)12-5-7-13-8-6-12/h11-14H,4-10H2,1-3H3. The fourth-order valence-electron chi connectivity index (χ4n) is 2.27. The van der Waals surface area contributed by atoms with Gasteiger partial charge in [0.25, 0.3) is 0 Å². The molecule has 3 heteroatoms.